The van der Waals surface area contributed by atoms with Crippen molar-refractivity contribution in [1.82, 2.24) is 9.55 Å². The van der Waals surface area contributed by atoms with Gasteiger partial charge in [-0.1, -0.05) is 103 Å². The van der Waals surface area contributed by atoms with Gasteiger partial charge in [0.05, 0.1) is 11.0 Å². The first kappa shape index (κ1) is 19.3. The number of para-hydroxylation sites is 2. The van der Waals surface area contributed by atoms with Crippen LogP contribution in [-0.2, 0) is 6.54 Å². The summed E-state index contributed by atoms with van der Waals surface area (Å²) in [6, 6.07) is 38.3. The first-order valence-corrected chi connectivity index (χ1v) is 9.90. The lowest BCUT2D eigenvalue weighted by molar-refractivity contribution is 0.112. The van der Waals surface area contributed by atoms with E-state index in [1.807, 2.05) is 36.4 Å². The fourth-order valence-corrected chi connectivity index (χ4v) is 3.34. The van der Waals surface area contributed by atoms with Crippen molar-refractivity contribution in [3.05, 3.63) is 126 Å². The smallest absolute Gasteiger partial charge is 0.150 e. The SMILES string of the molecule is O=Cc1ccccc1.c1ccc(Cn2c(-c3ccccc3)nc3ccccc32)cc1. The molecule has 0 spiro atoms. The molecule has 5 rings (SSSR count). The molecule has 0 saturated carbocycles. The number of rotatable bonds is 4. The molecule has 0 aliphatic heterocycles. The van der Waals surface area contributed by atoms with Crippen LogP contribution >= 0.6 is 0 Å². The molecule has 0 N–H and O–H groups in total. The maximum Gasteiger partial charge on any atom is 0.150 e. The third-order valence-electron chi connectivity index (χ3n) is 4.81. The Morgan fingerprint density at radius 2 is 1.23 bits per heavy atom. The minimum Gasteiger partial charge on any atom is -0.319 e. The number of aldehydes is 1. The normalized spacial score (nSPS) is 10.3. The standard InChI is InChI=1S/C20H16N2.C7H6O/c1-3-9-16(10-4-1)15-22-19-14-8-7-13-18(19)21-20(22)17-11-5-2-6-12-17;8-6-7-4-2-1-3-5-7/h1-14H,15H2;1-6H. The van der Waals surface area contributed by atoms with Crippen molar-refractivity contribution < 1.29 is 4.79 Å². The van der Waals surface area contributed by atoms with Gasteiger partial charge in [-0.2, -0.15) is 0 Å². The van der Waals surface area contributed by atoms with E-state index in [4.69, 9.17) is 4.98 Å². The monoisotopic (exact) mass is 390 g/mol. The van der Waals surface area contributed by atoms with E-state index in [0.717, 1.165) is 35.3 Å². The summed E-state index contributed by atoms with van der Waals surface area (Å²) in [7, 11) is 0. The summed E-state index contributed by atoms with van der Waals surface area (Å²) in [6.07, 6.45) is 0.833. The highest BCUT2D eigenvalue weighted by atomic mass is 16.1. The van der Waals surface area contributed by atoms with Crippen LogP contribution in [0.3, 0.4) is 0 Å². The number of benzene rings is 4. The van der Waals surface area contributed by atoms with E-state index >= 15 is 0 Å². The van der Waals surface area contributed by atoms with Gasteiger partial charge in [-0.25, -0.2) is 4.98 Å². The van der Waals surface area contributed by atoms with E-state index in [2.05, 4.69) is 71.3 Å². The van der Waals surface area contributed by atoms with E-state index in [1.54, 1.807) is 12.1 Å². The lowest BCUT2D eigenvalue weighted by atomic mass is 10.2. The van der Waals surface area contributed by atoms with E-state index < -0.39 is 0 Å². The molecule has 0 saturated heterocycles. The maximum atomic E-state index is 10.0. The van der Waals surface area contributed by atoms with Crippen molar-refractivity contribution in [3.8, 4) is 11.4 Å². The number of hydrogen-bond donors (Lipinski definition) is 0. The van der Waals surface area contributed by atoms with E-state index in [0.29, 0.717) is 0 Å². The van der Waals surface area contributed by atoms with Gasteiger partial charge in [0.2, 0.25) is 0 Å². The summed E-state index contributed by atoms with van der Waals surface area (Å²) in [5, 5.41) is 0. The van der Waals surface area contributed by atoms with Crippen molar-refractivity contribution in [2.24, 2.45) is 0 Å². The summed E-state index contributed by atoms with van der Waals surface area (Å²) in [6.45, 7) is 0.825. The number of hydrogen-bond acceptors (Lipinski definition) is 2. The molecule has 0 bridgehead atoms. The van der Waals surface area contributed by atoms with Crippen LogP contribution in [0.4, 0.5) is 0 Å². The molecule has 3 heteroatoms. The molecule has 0 unspecified atom stereocenters. The summed E-state index contributed by atoms with van der Waals surface area (Å²) in [5.74, 6) is 1.02. The lowest BCUT2D eigenvalue weighted by Gasteiger charge is -2.09. The van der Waals surface area contributed by atoms with Gasteiger partial charge in [-0.15, -0.1) is 0 Å². The van der Waals surface area contributed by atoms with Crippen LogP contribution in [-0.4, -0.2) is 15.8 Å². The van der Waals surface area contributed by atoms with Crippen LogP contribution in [0.5, 0.6) is 0 Å². The van der Waals surface area contributed by atoms with E-state index in [-0.39, 0.29) is 0 Å². The first-order valence-electron chi connectivity index (χ1n) is 9.90. The van der Waals surface area contributed by atoms with E-state index in [9.17, 15) is 4.79 Å². The van der Waals surface area contributed by atoms with Crippen molar-refractivity contribution >= 4 is 17.3 Å². The van der Waals surface area contributed by atoms with Crippen molar-refractivity contribution in [2.75, 3.05) is 0 Å². The molecule has 0 amide bonds. The summed E-state index contributed by atoms with van der Waals surface area (Å²) >= 11 is 0. The predicted molar refractivity (Wildman–Crippen MR) is 123 cm³/mol. The number of carbonyl (C=O) groups excluding carboxylic acids is 1. The number of fused-ring (bicyclic) bond motifs is 1. The second kappa shape index (κ2) is 9.48. The summed E-state index contributed by atoms with van der Waals surface area (Å²) < 4.78 is 2.29. The fourth-order valence-electron chi connectivity index (χ4n) is 3.34. The molecule has 30 heavy (non-hydrogen) atoms. The second-order valence-electron chi connectivity index (χ2n) is 6.89. The van der Waals surface area contributed by atoms with Crippen LogP contribution in [0.2, 0.25) is 0 Å². The molecule has 0 aliphatic carbocycles. The highest BCUT2D eigenvalue weighted by molar-refractivity contribution is 5.80. The zero-order valence-electron chi connectivity index (χ0n) is 16.6. The molecule has 4 aromatic carbocycles. The molecule has 0 fully saturated rings. The quantitative estimate of drug-likeness (QED) is 0.340. The van der Waals surface area contributed by atoms with Gasteiger partial charge in [0, 0.05) is 17.7 Å². The van der Waals surface area contributed by atoms with Gasteiger partial charge in [0.15, 0.2) is 0 Å². The van der Waals surface area contributed by atoms with Crippen LogP contribution in [0.15, 0.2) is 115 Å². The Bertz CT molecular complexity index is 1210. The minimum atomic E-state index is 0.729. The van der Waals surface area contributed by atoms with Gasteiger partial charge < -0.3 is 4.57 Å². The van der Waals surface area contributed by atoms with Gasteiger partial charge >= 0.3 is 0 Å². The summed E-state index contributed by atoms with van der Waals surface area (Å²) in [4.78, 5) is 14.8. The number of nitrogens with zero attached hydrogens (tertiary/aromatic N) is 2. The largest absolute Gasteiger partial charge is 0.319 e. The Morgan fingerprint density at radius 1 is 0.667 bits per heavy atom. The Kier molecular flexibility index (Phi) is 6.11. The molecule has 0 atom stereocenters. The first-order chi connectivity index (χ1) is 14.8. The van der Waals surface area contributed by atoms with Crippen molar-refractivity contribution in [2.45, 2.75) is 6.54 Å². The van der Waals surface area contributed by atoms with Crippen LogP contribution in [0.1, 0.15) is 15.9 Å². The Balaban J connectivity index is 0.000000230. The Morgan fingerprint density at radius 3 is 1.87 bits per heavy atom. The molecule has 0 radical (unpaired) electrons. The molecule has 3 nitrogen and oxygen atoms in total. The van der Waals surface area contributed by atoms with E-state index in [1.165, 1.54) is 11.1 Å². The maximum absolute atomic E-state index is 10.0. The molecule has 146 valence electrons. The highest BCUT2D eigenvalue weighted by Crippen LogP contribution is 2.25. The highest BCUT2D eigenvalue weighted by Gasteiger charge is 2.12. The van der Waals surface area contributed by atoms with Crippen molar-refractivity contribution in [3.63, 3.8) is 0 Å². The van der Waals surface area contributed by atoms with Gasteiger partial charge in [0.25, 0.3) is 0 Å². The number of carbonyl (C=O) groups is 1. The molecule has 1 aromatic heterocycles. The second-order valence-corrected chi connectivity index (χ2v) is 6.89. The third-order valence-corrected chi connectivity index (χ3v) is 4.81. The zero-order valence-corrected chi connectivity index (χ0v) is 16.6. The number of aromatic nitrogens is 2. The predicted octanol–water partition coefficient (Wildman–Crippen LogP) is 6.25. The summed E-state index contributed by atoms with van der Waals surface area (Å²) in [5.41, 5.74) is 5.37. The molecule has 5 aromatic rings. The number of imidazole rings is 1. The topological polar surface area (TPSA) is 34.9 Å². The van der Waals surface area contributed by atoms with Crippen LogP contribution in [0, 0.1) is 0 Å². The van der Waals surface area contributed by atoms with Gasteiger partial charge in [0.1, 0.15) is 12.1 Å². The zero-order chi connectivity index (χ0) is 20.6. The molecular formula is C27H22N2O. The molecule has 1 heterocycles. The fraction of sp³-hybridized carbons (Fsp3) is 0.0370. The van der Waals surface area contributed by atoms with Gasteiger partial charge in [-0.05, 0) is 17.7 Å². The van der Waals surface area contributed by atoms with Crippen molar-refractivity contribution in [1.29, 1.82) is 0 Å². The minimum absolute atomic E-state index is 0.729. The average Bonchev–Trinajstić information content (AvgIpc) is 3.20. The van der Waals surface area contributed by atoms with Crippen LogP contribution < -0.4 is 0 Å². The van der Waals surface area contributed by atoms with Crippen LogP contribution in [0.25, 0.3) is 22.4 Å². The molecular weight excluding hydrogens is 368 g/mol. The average molecular weight is 390 g/mol. The third kappa shape index (κ3) is 4.53. The Labute approximate surface area is 176 Å². The molecule has 0 aliphatic rings. The van der Waals surface area contributed by atoms with Gasteiger partial charge in [-0.3, -0.25) is 4.79 Å². The Hall–Kier alpha value is -3.98. The lowest BCUT2D eigenvalue weighted by Crippen LogP contribution is -2.02.